The minimum absolute atomic E-state index is 0.178. The zero-order chi connectivity index (χ0) is 8.81. The number of furan rings is 1. The molecule has 0 radical (unpaired) electrons. The van der Waals surface area contributed by atoms with Gasteiger partial charge in [-0.3, -0.25) is 4.79 Å². The van der Waals surface area contributed by atoms with Crippen LogP contribution in [-0.4, -0.2) is 12.6 Å². The summed E-state index contributed by atoms with van der Waals surface area (Å²) in [4.78, 5) is 20.0. The van der Waals surface area contributed by atoms with E-state index in [0.29, 0.717) is 18.3 Å². The lowest BCUT2D eigenvalue weighted by Gasteiger charge is -1.77. The standard InChI is InChI=1S/C9H6O3/c10-6-2-1-3-8-4-5-9(7-11)12-8/h4-7H,2H2. The second kappa shape index (κ2) is 4.14. The molecule has 0 N–H and O–H groups in total. The Balaban J connectivity index is 2.71. The molecule has 1 heterocycles. The highest BCUT2D eigenvalue weighted by molar-refractivity contribution is 5.70. The summed E-state index contributed by atoms with van der Waals surface area (Å²) in [6.45, 7) is 0. The van der Waals surface area contributed by atoms with Crippen LogP contribution in [0.5, 0.6) is 0 Å². The first kappa shape index (κ1) is 8.28. The molecule has 0 aliphatic carbocycles. The molecule has 0 unspecified atom stereocenters. The molecule has 0 spiro atoms. The van der Waals surface area contributed by atoms with Crippen molar-refractivity contribution in [2.45, 2.75) is 6.42 Å². The Kier molecular flexibility index (Phi) is 2.86. The Hall–Kier alpha value is -1.82. The zero-order valence-electron chi connectivity index (χ0n) is 6.24. The van der Waals surface area contributed by atoms with Crippen molar-refractivity contribution in [3.63, 3.8) is 0 Å². The maximum absolute atomic E-state index is 10.2. The highest BCUT2D eigenvalue weighted by atomic mass is 16.3. The third-order valence-electron chi connectivity index (χ3n) is 1.14. The molecule has 0 bridgehead atoms. The van der Waals surface area contributed by atoms with Crippen molar-refractivity contribution in [2.24, 2.45) is 0 Å². The molecule has 1 aromatic heterocycles. The van der Waals surface area contributed by atoms with Crippen LogP contribution in [0.1, 0.15) is 22.7 Å². The minimum atomic E-state index is 0.178. The molecule has 12 heavy (non-hydrogen) atoms. The molecule has 60 valence electrons. The topological polar surface area (TPSA) is 47.3 Å². The summed E-state index contributed by atoms with van der Waals surface area (Å²) in [6.07, 6.45) is 1.48. The molecular formula is C9H6O3. The number of hydrogen-bond acceptors (Lipinski definition) is 3. The highest BCUT2D eigenvalue weighted by Gasteiger charge is 1.95. The van der Waals surface area contributed by atoms with Gasteiger partial charge >= 0.3 is 0 Å². The Morgan fingerprint density at radius 3 is 2.83 bits per heavy atom. The quantitative estimate of drug-likeness (QED) is 0.482. The molecule has 0 fully saturated rings. The van der Waals surface area contributed by atoms with Gasteiger partial charge in [0.15, 0.2) is 17.8 Å². The van der Waals surface area contributed by atoms with Gasteiger partial charge in [0.05, 0.1) is 6.42 Å². The fourth-order valence-corrected chi connectivity index (χ4v) is 0.663. The summed E-state index contributed by atoms with van der Waals surface area (Å²) in [5.74, 6) is 5.80. The number of carbonyl (C=O) groups excluding carboxylic acids is 2. The number of aldehydes is 2. The first-order chi connectivity index (χ1) is 5.86. The molecule has 0 saturated carbocycles. The first-order valence-electron chi connectivity index (χ1n) is 3.34. The van der Waals surface area contributed by atoms with Crippen LogP contribution >= 0.6 is 0 Å². The number of carbonyl (C=O) groups is 2. The van der Waals surface area contributed by atoms with Gasteiger partial charge in [-0.15, -0.1) is 0 Å². The van der Waals surface area contributed by atoms with Crippen molar-refractivity contribution in [1.82, 2.24) is 0 Å². The van der Waals surface area contributed by atoms with Gasteiger partial charge in [-0.25, -0.2) is 0 Å². The van der Waals surface area contributed by atoms with E-state index >= 15 is 0 Å². The second-order valence-electron chi connectivity index (χ2n) is 1.99. The third-order valence-corrected chi connectivity index (χ3v) is 1.14. The highest BCUT2D eigenvalue weighted by Crippen LogP contribution is 2.02. The van der Waals surface area contributed by atoms with E-state index < -0.39 is 0 Å². The summed E-state index contributed by atoms with van der Waals surface area (Å²) in [6, 6.07) is 3.11. The van der Waals surface area contributed by atoms with Crippen molar-refractivity contribution >= 4 is 12.6 Å². The van der Waals surface area contributed by atoms with Crippen LogP contribution in [0.4, 0.5) is 0 Å². The molecular weight excluding hydrogens is 156 g/mol. The lowest BCUT2D eigenvalue weighted by atomic mass is 10.4. The first-order valence-corrected chi connectivity index (χ1v) is 3.34. The molecule has 0 aliphatic rings. The largest absolute Gasteiger partial charge is 0.445 e. The lowest BCUT2D eigenvalue weighted by molar-refractivity contribution is -0.107. The Morgan fingerprint density at radius 2 is 2.25 bits per heavy atom. The fraction of sp³-hybridized carbons (Fsp3) is 0.111. The molecule has 0 amide bonds. The number of rotatable bonds is 2. The smallest absolute Gasteiger partial charge is 0.185 e. The van der Waals surface area contributed by atoms with Gasteiger partial charge in [0.1, 0.15) is 6.29 Å². The van der Waals surface area contributed by atoms with Crippen LogP contribution in [-0.2, 0) is 4.79 Å². The van der Waals surface area contributed by atoms with E-state index in [1.54, 1.807) is 6.07 Å². The lowest BCUT2D eigenvalue weighted by Crippen LogP contribution is -1.70. The van der Waals surface area contributed by atoms with E-state index in [9.17, 15) is 9.59 Å². The predicted molar refractivity (Wildman–Crippen MR) is 41.7 cm³/mol. The minimum Gasteiger partial charge on any atom is -0.445 e. The normalized spacial score (nSPS) is 8.33. The molecule has 3 heteroatoms. The van der Waals surface area contributed by atoms with Crippen molar-refractivity contribution in [2.75, 3.05) is 0 Å². The Morgan fingerprint density at radius 1 is 1.42 bits per heavy atom. The average Bonchev–Trinajstić information content (AvgIpc) is 2.53. The maximum atomic E-state index is 10.2. The maximum Gasteiger partial charge on any atom is 0.185 e. The van der Waals surface area contributed by atoms with E-state index in [2.05, 4.69) is 11.8 Å². The molecule has 3 nitrogen and oxygen atoms in total. The van der Waals surface area contributed by atoms with Gasteiger partial charge in [-0.05, 0) is 18.1 Å². The van der Waals surface area contributed by atoms with Crippen LogP contribution in [0.2, 0.25) is 0 Å². The SMILES string of the molecule is O=CCC#Cc1ccc(C=O)o1. The predicted octanol–water partition coefficient (Wildman–Crippen LogP) is 1.03. The van der Waals surface area contributed by atoms with Crippen molar-refractivity contribution in [3.8, 4) is 11.8 Å². The molecule has 0 aromatic carbocycles. The molecule has 1 rings (SSSR count). The van der Waals surface area contributed by atoms with Crippen LogP contribution in [0.15, 0.2) is 16.5 Å². The average molecular weight is 162 g/mol. The van der Waals surface area contributed by atoms with Crippen molar-refractivity contribution in [3.05, 3.63) is 23.7 Å². The second-order valence-corrected chi connectivity index (χ2v) is 1.99. The van der Waals surface area contributed by atoms with Crippen LogP contribution in [0, 0.1) is 11.8 Å². The number of hydrogen-bond donors (Lipinski definition) is 0. The summed E-state index contributed by atoms with van der Waals surface area (Å²) in [5, 5.41) is 0. The van der Waals surface area contributed by atoms with E-state index in [1.165, 1.54) is 6.07 Å². The van der Waals surface area contributed by atoms with E-state index in [0.717, 1.165) is 0 Å². The van der Waals surface area contributed by atoms with Crippen LogP contribution in [0.3, 0.4) is 0 Å². The summed E-state index contributed by atoms with van der Waals surface area (Å²) in [5.41, 5.74) is 0. The summed E-state index contributed by atoms with van der Waals surface area (Å²) in [7, 11) is 0. The summed E-state index contributed by atoms with van der Waals surface area (Å²) >= 11 is 0. The third kappa shape index (κ3) is 2.10. The fourth-order valence-electron chi connectivity index (χ4n) is 0.663. The van der Waals surface area contributed by atoms with E-state index in [-0.39, 0.29) is 12.2 Å². The molecule has 0 saturated heterocycles. The van der Waals surface area contributed by atoms with Gasteiger partial charge in [-0.2, -0.15) is 0 Å². The van der Waals surface area contributed by atoms with Gasteiger partial charge in [0.2, 0.25) is 0 Å². The van der Waals surface area contributed by atoms with Crippen molar-refractivity contribution in [1.29, 1.82) is 0 Å². The van der Waals surface area contributed by atoms with Gasteiger partial charge < -0.3 is 9.21 Å². The Bertz CT molecular complexity index is 338. The van der Waals surface area contributed by atoms with Gasteiger partial charge in [-0.1, -0.05) is 5.92 Å². The zero-order valence-corrected chi connectivity index (χ0v) is 6.24. The van der Waals surface area contributed by atoms with Crippen molar-refractivity contribution < 1.29 is 14.0 Å². The monoisotopic (exact) mass is 162 g/mol. The van der Waals surface area contributed by atoms with E-state index in [4.69, 9.17) is 4.42 Å². The molecule has 1 aromatic rings. The van der Waals surface area contributed by atoms with Gasteiger partial charge in [0, 0.05) is 0 Å². The molecule has 0 atom stereocenters. The molecule has 0 aliphatic heterocycles. The summed E-state index contributed by atoms with van der Waals surface area (Å²) < 4.78 is 4.92. The van der Waals surface area contributed by atoms with Gasteiger partial charge in [0.25, 0.3) is 0 Å². The Labute approximate surface area is 69.4 Å². The van der Waals surface area contributed by atoms with Crippen LogP contribution in [0.25, 0.3) is 0 Å². The van der Waals surface area contributed by atoms with Crippen LogP contribution < -0.4 is 0 Å². The van der Waals surface area contributed by atoms with E-state index in [1.807, 2.05) is 0 Å².